The van der Waals surface area contributed by atoms with E-state index in [4.69, 9.17) is 11.6 Å². The third-order valence-corrected chi connectivity index (χ3v) is 4.15. The van der Waals surface area contributed by atoms with Crippen LogP contribution in [0.3, 0.4) is 0 Å². The van der Waals surface area contributed by atoms with Crippen molar-refractivity contribution in [1.82, 2.24) is 4.90 Å². The van der Waals surface area contributed by atoms with E-state index >= 15 is 0 Å². The van der Waals surface area contributed by atoms with Gasteiger partial charge in [-0.25, -0.2) is 4.79 Å². The smallest absolute Gasteiger partial charge is 0.323 e. The number of amides is 3. The summed E-state index contributed by atoms with van der Waals surface area (Å²) in [5.41, 5.74) is 1.63. The van der Waals surface area contributed by atoms with E-state index in [1.807, 2.05) is 4.90 Å². The van der Waals surface area contributed by atoms with Gasteiger partial charge in [0, 0.05) is 23.8 Å². The minimum absolute atomic E-state index is 0.0464. The number of para-hydroxylation sites is 1. The number of hydrogen-bond donors (Lipinski definition) is 2. The zero-order valence-electron chi connectivity index (χ0n) is 13.1. The van der Waals surface area contributed by atoms with Crippen molar-refractivity contribution in [3.05, 3.63) is 59.1 Å². The number of urea groups is 1. The third kappa shape index (κ3) is 3.86. The molecule has 0 radical (unpaired) electrons. The number of anilines is 2. The van der Waals surface area contributed by atoms with Gasteiger partial charge in [0.05, 0.1) is 11.3 Å². The number of benzene rings is 2. The number of hydrogen-bond acceptors (Lipinski definition) is 2. The van der Waals surface area contributed by atoms with Crippen LogP contribution in [0.25, 0.3) is 0 Å². The lowest BCUT2D eigenvalue weighted by molar-refractivity contribution is 0.0794. The van der Waals surface area contributed by atoms with Gasteiger partial charge in [0.1, 0.15) is 0 Å². The first-order valence-electron chi connectivity index (χ1n) is 7.85. The van der Waals surface area contributed by atoms with Gasteiger partial charge in [0.25, 0.3) is 5.91 Å². The van der Waals surface area contributed by atoms with Crippen LogP contribution in [-0.4, -0.2) is 29.9 Å². The maximum absolute atomic E-state index is 12.6. The molecule has 0 atom stereocenters. The van der Waals surface area contributed by atoms with E-state index in [1.54, 1.807) is 48.5 Å². The molecule has 5 nitrogen and oxygen atoms in total. The lowest BCUT2D eigenvalue weighted by atomic mass is 10.1. The first-order valence-corrected chi connectivity index (χ1v) is 8.23. The molecule has 1 heterocycles. The predicted molar refractivity (Wildman–Crippen MR) is 95.7 cm³/mol. The van der Waals surface area contributed by atoms with Gasteiger partial charge in [-0.15, -0.1) is 0 Å². The number of likely N-dealkylation sites (tertiary alicyclic amines) is 1. The quantitative estimate of drug-likeness (QED) is 0.876. The van der Waals surface area contributed by atoms with E-state index in [1.165, 1.54) is 0 Å². The molecule has 0 aliphatic carbocycles. The van der Waals surface area contributed by atoms with Crippen molar-refractivity contribution in [1.29, 1.82) is 0 Å². The molecule has 24 heavy (non-hydrogen) atoms. The molecule has 2 aromatic carbocycles. The molecule has 3 rings (SSSR count). The summed E-state index contributed by atoms with van der Waals surface area (Å²) in [5, 5.41) is 6.07. The van der Waals surface area contributed by atoms with Crippen molar-refractivity contribution in [3.8, 4) is 0 Å². The van der Waals surface area contributed by atoms with E-state index in [0.717, 1.165) is 25.9 Å². The normalized spacial score (nSPS) is 13.6. The molecule has 1 aliphatic heterocycles. The topological polar surface area (TPSA) is 61.4 Å². The van der Waals surface area contributed by atoms with Crippen LogP contribution in [0.2, 0.25) is 5.02 Å². The highest BCUT2D eigenvalue weighted by atomic mass is 35.5. The van der Waals surface area contributed by atoms with Crippen LogP contribution < -0.4 is 10.6 Å². The SMILES string of the molecule is O=C(Nc1ccc(Cl)cc1)Nc1ccccc1C(=O)N1CCCC1. The largest absolute Gasteiger partial charge is 0.339 e. The van der Waals surface area contributed by atoms with Crippen LogP contribution in [0.15, 0.2) is 48.5 Å². The van der Waals surface area contributed by atoms with Gasteiger partial charge in [-0.2, -0.15) is 0 Å². The molecular weight excluding hydrogens is 326 g/mol. The molecule has 0 bridgehead atoms. The lowest BCUT2D eigenvalue weighted by Crippen LogP contribution is -2.29. The summed E-state index contributed by atoms with van der Waals surface area (Å²) in [7, 11) is 0. The minimum atomic E-state index is -0.404. The van der Waals surface area contributed by atoms with Crippen LogP contribution in [0, 0.1) is 0 Å². The maximum atomic E-state index is 12.6. The van der Waals surface area contributed by atoms with Crippen molar-refractivity contribution in [2.45, 2.75) is 12.8 Å². The summed E-state index contributed by atoms with van der Waals surface area (Å²) < 4.78 is 0. The van der Waals surface area contributed by atoms with Gasteiger partial charge in [-0.3, -0.25) is 4.79 Å². The van der Waals surface area contributed by atoms with Crippen LogP contribution in [0.1, 0.15) is 23.2 Å². The van der Waals surface area contributed by atoms with Crippen molar-refractivity contribution in [3.63, 3.8) is 0 Å². The summed E-state index contributed by atoms with van der Waals surface area (Å²) in [6.07, 6.45) is 2.05. The first-order chi connectivity index (χ1) is 11.6. The molecule has 1 fully saturated rings. The molecule has 0 unspecified atom stereocenters. The average molecular weight is 344 g/mol. The maximum Gasteiger partial charge on any atom is 0.323 e. The fourth-order valence-electron chi connectivity index (χ4n) is 2.69. The molecule has 2 N–H and O–H groups in total. The number of carbonyl (C=O) groups is 2. The Kier molecular flexibility index (Phi) is 5.01. The van der Waals surface area contributed by atoms with Crippen molar-refractivity contribution in [2.75, 3.05) is 23.7 Å². The standard InChI is InChI=1S/C18H18ClN3O2/c19-13-7-9-14(10-8-13)20-18(24)21-16-6-2-1-5-15(16)17(23)22-11-3-4-12-22/h1-2,5-10H,3-4,11-12H2,(H2,20,21,24). The Morgan fingerprint density at radius 3 is 2.29 bits per heavy atom. The molecule has 0 saturated carbocycles. The third-order valence-electron chi connectivity index (χ3n) is 3.90. The Bertz CT molecular complexity index is 740. The van der Waals surface area contributed by atoms with Crippen LogP contribution in [0.4, 0.5) is 16.2 Å². The number of halogens is 1. The Balaban J connectivity index is 1.71. The highest BCUT2D eigenvalue weighted by molar-refractivity contribution is 6.30. The van der Waals surface area contributed by atoms with Crippen LogP contribution >= 0.6 is 11.6 Å². The molecule has 2 aromatic rings. The molecule has 1 aliphatic rings. The van der Waals surface area contributed by atoms with Gasteiger partial charge < -0.3 is 15.5 Å². The van der Waals surface area contributed by atoms with Crippen molar-refractivity contribution >= 4 is 34.9 Å². The first kappa shape index (κ1) is 16.3. The second-order valence-electron chi connectivity index (χ2n) is 5.63. The highest BCUT2D eigenvalue weighted by Crippen LogP contribution is 2.21. The average Bonchev–Trinajstić information content (AvgIpc) is 3.11. The molecule has 0 spiro atoms. The molecule has 3 amide bonds. The second-order valence-corrected chi connectivity index (χ2v) is 6.07. The van der Waals surface area contributed by atoms with Gasteiger partial charge in [0.15, 0.2) is 0 Å². The Morgan fingerprint density at radius 2 is 1.58 bits per heavy atom. The van der Waals surface area contributed by atoms with Gasteiger partial charge >= 0.3 is 6.03 Å². The molecule has 124 valence electrons. The zero-order chi connectivity index (χ0) is 16.9. The van der Waals surface area contributed by atoms with E-state index in [-0.39, 0.29) is 5.91 Å². The van der Waals surface area contributed by atoms with E-state index < -0.39 is 6.03 Å². The second kappa shape index (κ2) is 7.36. The van der Waals surface area contributed by atoms with E-state index in [9.17, 15) is 9.59 Å². The van der Waals surface area contributed by atoms with Gasteiger partial charge in [0.2, 0.25) is 0 Å². The van der Waals surface area contributed by atoms with E-state index in [2.05, 4.69) is 10.6 Å². The predicted octanol–water partition coefficient (Wildman–Crippen LogP) is 4.22. The molecule has 6 heteroatoms. The Labute approximate surface area is 145 Å². The van der Waals surface area contributed by atoms with Crippen LogP contribution in [-0.2, 0) is 0 Å². The fourth-order valence-corrected chi connectivity index (χ4v) is 2.81. The minimum Gasteiger partial charge on any atom is -0.339 e. The lowest BCUT2D eigenvalue weighted by Gasteiger charge is -2.18. The molecule has 1 saturated heterocycles. The van der Waals surface area contributed by atoms with Gasteiger partial charge in [-0.1, -0.05) is 23.7 Å². The summed E-state index contributed by atoms with van der Waals surface area (Å²) in [6.45, 7) is 1.54. The summed E-state index contributed by atoms with van der Waals surface area (Å²) in [4.78, 5) is 26.6. The van der Waals surface area contributed by atoms with Crippen molar-refractivity contribution in [2.24, 2.45) is 0 Å². The summed E-state index contributed by atoms with van der Waals surface area (Å²) >= 11 is 5.83. The molecule has 0 aromatic heterocycles. The van der Waals surface area contributed by atoms with E-state index in [0.29, 0.717) is 22.0 Å². The Morgan fingerprint density at radius 1 is 0.917 bits per heavy atom. The monoisotopic (exact) mass is 343 g/mol. The fraction of sp³-hybridized carbons (Fsp3) is 0.222. The number of rotatable bonds is 3. The zero-order valence-corrected chi connectivity index (χ0v) is 13.8. The number of nitrogens with zero attached hydrogens (tertiary/aromatic N) is 1. The Hall–Kier alpha value is -2.53. The summed E-state index contributed by atoms with van der Waals surface area (Å²) in [6, 6.07) is 13.5. The molecular formula is C18H18ClN3O2. The number of carbonyl (C=O) groups excluding carboxylic acids is 2. The van der Waals surface area contributed by atoms with Gasteiger partial charge in [-0.05, 0) is 49.2 Å². The summed E-state index contributed by atoms with van der Waals surface area (Å²) in [5.74, 6) is -0.0464. The number of nitrogens with one attached hydrogen (secondary N) is 2. The van der Waals surface area contributed by atoms with Crippen LogP contribution in [0.5, 0.6) is 0 Å². The highest BCUT2D eigenvalue weighted by Gasteiger charge is 2.22. The van der Waals surface area contributed by atoms with Crippen molar-refractivity contribution < 1.29 is 9.59 Å².